The second kappa shape index (κ2) is 9.51. The normalized spacial score (nSPS) is 16.6. The van der Waals surface area contributed by atoms with Crippen LogP contribution in [0.1, 0.15) is 29.6 Å². The molecular formula is C19H24N8O4. The van der Waals surface area contributed by atoms with Crippen molar-refractivity contribution in [2.75, 3.05) is 54.6 Å². The lowest BCUT2D eigenvalue weighted by Crippen LogP contribution is -2.39. The van der Waals surface area contributed by atoms with Crippen LogP contribution in [0.4, 0.5) is 23.5 Å². The number of benzene rings is 1. The Hall–Kier alpha value is -3.54. The summed E-state index contributed by atoms with van der Waals surface area (Å²) >= 11 is 0. The summed E-state index contributed by atoms with van der Waals surface area (Å²) in [7, 11) is 0. The maximum Gasteiger partial charge on any atom is 0.269 e. The van der Waals surface area contributed by atoms with Crippen molar-refractivity contribution in [3.8, 4) is 0 Å². The molecule has 31 heavy (non-hydrogen) atoms. The number of hydrogen-bond donors (Lipinski definition) is 2. The summed E-state index contributed by atoms with van der Waals surface area (Å²) in [5.41, 5.74) is 5.50. The molecule has 3 heterocycles. The van der Waals surface area contributed by atoms with Gasteiger partial charge in [0.25, 0.3) is 11.6 Å². The van der Waals surface area contributed by atoms with Crippen LogP contribution in [-0.4, -0.2) is 65.2 Å². The molecule has 164 valence electrons. The Kier molecular flexibility index (Phi) is 6.36. The van der Waals surface area contributed by atoms with Crippen LogP contribution >= 0.6 is 0 Å². The van der Waals surface area contributed by atoms with Crippen molar-refractivity contribution in [2.45, 2.75) is 19.3 Å². The summed E-state index contributed by atoms with van der Waals surface area (Å²) in [5, 5.41) is 10.8. The van der Waals surface area contributed by atoms with E-state index < -0.39 is 10.8 Å². The molecule has 2 aliphatic heterocycles. The summed E-state index contributed by atoms with van der Waals surface area (Å²) in [6.07, 6.45) is 3.35. The fourth-order valence-electron chi connectivity index (χ4n) is 3.47. The lowest BCUT2D eigenvalue weighted by atomic mass is 10.1. The topological polar surface area (TPSA) is 139 Å². The molecule has 0 aliphatic carbocycles. The Balaban J connectivity index is 1.50. The zero-order chi connectivity index (χ0) is 21.6. The van der Waals surface area contributed by atoms with Gasteiger partial charge in [-0.2, -0.15) is 15.0 Å². The number of nitro groups is 1. The van der Waals surface area contributed by atoms with Gasteiger partial charge in [-0.3, -0.25) is 25.8 Å². The highest BCUT2D eigenvalue weighted by Crippen LogP contribution is 2.21. The molecule has 12 nitrogen and oxygen atoms in total. The van der Waals surface area contributed by atoms with E-state index >= 15 is 0 Å². The number of rotatable bonds is 6. The Labute approximate surface area is 178 Å². The molecule has 12 heteroatoms. The molecular weight excluding hydrogens is 404 g/mol. The predicted octanol–water partition coefficient (Wildman–Crippen LogP) is 1.36. The van der Waals surface area contributed by atoms with Crippen molar-refractivity contribution in [3.05, 3.63) is 39.9 Å². The van der Waals surface area contributed by atoms with Crippen LogP contribution in [0.25, 0.3) is 0 Å². The molecule has 4 rings (SSSR count). The number of non-ortho nitro benzene ring substituents is 1. The van der Waals surface area contributed by atoms with Gasteiger partial charge in [0, 0.05) is 43.9 Å². The van der Waals surface area contributed by atoms with Crippen molar-refractivity contribution in [1.82, 2.24) is 20.4 Å². The van der Waals surface area contributed by atoms with Gasteiger partial charge in [-0.1, -0.05) is 0 Å². The van der Waals surface area contributed by atoms with Crippen LogP contribution in [-0.2, 0) is 4.74 Å². The number of nitrogens with one attached hydrogen (secondary N) is 2. The zero-order valence-electron chi connectivity index (χ0n) is 17.0. The van der Waals surface area contributed by atoms with Gasteiger partial charge in [0.15, 0.2) is 0 Å². The van der Waals surface area contributed by atoms with Crippen LogP contribution in [0.3, 0.4) is 0 Å². The monoisotopic (exact) mass is 428 g/mol. The van der Waals surface area contributed by atoms with Gasteiger partial charge in [0.1, 0.15) is 0 Å². The molecule has 1 aromatic heterocycles. The number of carbonyl (C=O) groups excluding carboxylic acids is 1. The maximum absolute atomic E-state index is 12.4. The molecule has 2 aliphatic rings. The number of amides is 1. The minimum atomic E-state index is -0.514. The summed E-state index contributed by atoms with van der Waals surface area (Å²) in [4.78, 5) is 40.4. The summed E-state index contributed by atoms with van der Waals surface area (Å²) in [5.74, 6) is 0.879. The van der Waals surface area contributed by atoms with E-state index in [0.717, 1.165) is 25.9 Å². The number of aromatic nitrogens is 3. The van der Waals surface area contributed by atoms with Crippen LogP contribution in [0.15, 0.2) is 24.3 Å². The SMILES string of the molecule is O=C(NNc1nc(N2CCCCC2)nc(N2CCOCC2)n1)c1ccc([N+](=O)[O-])cc1. The predicted molar refractivity (Wildman–Crippen MR) is 113 cm³/mol. The average Bonchev–Trinajstić information content (AvgIpc) is 2.83. The zero-order valence-corrected chi connectivity index (χ0v) is 17.0. The number of piperidine rings is 1. The Morgan fingerprint density at radius 3 is 2.16 bits per heavy atom. The van der Waals surface area contributed by atoms with E-state index in [9.17, 15) is 14.9 Å². The van der Waals surface area contributed by atoms with Crippen LogP contribution in [0.5, 0.6) is 0 Å². The van der Waals surface area contributed by atoms with Crippen molar-refractivity contribution >= 4 is 29.4 Å². The van der Waals surface area contributed by atoms with Gasteiger partial charge in [-0.05, 0) is 31.4 Å². The van der Waals surface area contributed by atoms with E-state index in [4.69, 9.17) is 4.74 Å². The van der Waals surface area contributed by atoms with Gasteiger partial charge >= 0.3 is 0 Å². The third kappa shape index (κ3) is 5.15. The highest BCUT2D eigenvalue weighted by molar-refractivity contribution is 5.94. The van der Waals surface area contributed by atoms with Crippen molar-refractivity contribution in [2.24, 2.45) is 0 Å². The van der Waals surface area contributed by atoms with E-state index in [0.29, 0.717) is 38.2 Å². The number of ether oxygens (including phenoxy) is 1. The molecule has 0 bridgehead atoms. The fourth-order valence-corrected chi connectivity index (χ4v) is 3.47. The van der Waals surface area contributed by atoms with Crippen molar-refractivity contribution < 1.29 is 14.5 Å². The Morgan fingerprint density at radius 2 is 1.55 bits per heavy atom. The van der Waals surface area contributed by atoms with Crippen LogP contribution in [0, 0.1) is 10.1 Å². The van der Waals surface area contributed by atoms with Gasteiger partial charge in [0.05, 0.1) is 18.1 Å². The first-order chi connectivity index (χ1) is 15.1. The second-order valence-electron chi connectivity index (χ2n) is 7.29. The van der Waals surface area contributed by atoms with Gasteiger partial charge in [-0.15, -0.1) is 0 Å². The Morgan fingerprint density at radius 1 is 0.935 bits per heavy atom. The van der Waals surface area contributed by atoms with Gasteiger partial charge in [0.2, 0.25) is 17.8 Å². The molecule has 2 aromatic rings. The van der Waals surface area contributed by atoms with E-state index in [2.05, 4.69) is 30.7 Å². The smallest absolute Gasteiger partial charge is 0.269 e. The highest BCUT2D eigenvalue weighted by atomic mass is 16.6. The standard InChI is InChI=1S/C19H24N8O4/c28-16(14-4-6-15(7-5-14)27(29)30)23-24-17-20-18(25-8-2-1-3-9-25)22-19(21-17)26-10-12-31-13-11-26/h4-7H,1-3,8-13H2,(H,23,28)(H,20,21,22,24). The quantitative estimate of drug-likeness (QED) is 0.512. The van der Waals surface area contributed by atoms with Gasteiger partial charge in [-0.25, -0.2) is 0 Å². The van der Waals surface area contributed by atoms with E-state index in [1.54, 1.807) is 0 Å². The number of morpholine rings is 1. The molecule has 0 unspecified atom stereocenters. The minimum Gasteiger partial charge on any atom is -0.378 e. The van der Waals surface area contributed by atoms with Crippen molar-refractivity contribution in [3.63, 3.8) is 0 Å². The molecule has 0 radical (unpaired) electrons. The molecule has 0 atom stereocenters. The molecule has 1 amide bonds. The number of nitro benzene ring substituents is 1. The number of carbonyl (C=O) groups is 1. The fraction of sp³-hybridized carbons (Fsp3) is 0.474. The van der Waals surface area contributed by atoms with Crippen molar-refractivity contribution in [1.29, 1.82) is 0 Å². The van der Waals surface area contributed by atoms with E-state index in [-0.39, 0.29) is 17.2 Å². The number of anilines is 3. The lowest BCUT2D eigenvalue weighted by Gasteiger charge is -2.30. The summed E-state index contributed by atoms with van der Waals surface area (Å²) in [6.45, 7) is 4.31. The number of hydrogen-bond acceptors (Lipinski definition) is 10. The van der Waals surface area contributed by atoms with Gasteiger partial charge < -0.3 is 14.5 Å². The summed E-state index contributed by atoms with van der Waals surface area (Å²) < 4.78 is 5.41. The second-order valence-corrected chi connectivity index (χ2v) is 7.29. The van der Waals surface area contributed by atoms with E-state index in [1.165, 1.54) is 30.7 Å². The van der Waals surface area contributed by atoms with Crippen LogP contribution < -0.4 is 20.7 Å². The molecule has 0 spiro atoms. The minimum absolute atomic E-state index is 0.0803. The molecule has 2 fully saturated rings. The third-order valence-electron chi connectivity index (χ3n) is 5.17. The molecule has 0 saturated carbocycles. The number of nitrogens with zero attached hydrogens (tertiary/aromatic N) is 6. The highest BCUT2D eigenvalue weighted by Gasteiger charge is 2.21. The lowest BCUT2D eigenvalue weighted by molar-refractivity contribution is -0.384. The molecule has 1 aromatic carbocycles. The van der Waals surface area contributed by atoms with Crippen LogP contribution in [0.2, 0.25) is 0 Å². The average molecular weight is 428 g/mol. The third-order valence-corrected chi connectivity index (χ3v) is 5.17. The summed E-state index contributed by atoms with van der Waals surface area (Å²) in [6, 6.07) is 5.34. The Bertz CT molecular complexity index is 891. The first-order valence-electron chi connectivity index (χ1n) is 10.2. The molecule has 2 N–H and O–H groups in total. The first-order valence-corrected chi connectivity index (χ1v) is 10.2. The molecule has 2 saturated heterocycles. The first kappa shape index (κ1) is 20.7. The van der Waals surface area contributed by atoms with E-state index in [1.807, 2.05) is 4.90 Å². The maximum atomic E-state index is 12.4. The number of hydrazine groups is 1. The largest absolute Gasteiger partial charge is 0.378 e.